The molecule has 1 unspecified atom stereocenters. The maximum Gasteiger partial charge on any atom is 0.255 e. The third-order valence-electron chi connectivity index (χ3n) is 3.86. The van der Waals surface area contributed by atoms with Crippen LogP contribution in [0.3, 0.4) is 0 Å². The Morgan fingerprint density at radius 1 is 1.55 bits per heavy atom. The van der Waals surface area contributed by atoms with Crippen LogP contribution in [0.15, 0.2) is 18.2 Å². The van der Waals surface area contributed by atoms with Gasteiger partial charge in [-0.05, 0) is 44.1 Å². The summed E-state index contributed by atoms with van der Waals surface area (Å²) in [5.74, 6) is 1.15. The summed E-state index contributed by atoms with van der Waals surface area (Å²) in [7, 11) is 5.53. The minimum absolute atomic E-state index is 0.0454. The Morgan fingerprint density at radius 2 is 2.30 bits per heavy atom. The van der Waals surface area contributed by atoms with Crippen molar-refractivity contribution in [1.29, 1.82) is 0 Å². The lowest BCUT2D eigenvalue weighted by molar-refractivity contribution is 0.0774. The van der Waals surface area contributed by atoms with Gasteiger partial charge in [-0.2, -0.15) is 0 Å². The van der Waals surface area contributed by atoms with Gasteiger partial charge in [-0.3, -0.25) is 4.79 Å². The molecule has 1 heterocycles. The van der Waals surface area contributed by atoms with Gasteiger partial charge in [-0.15, -0.1) is 0 Å². The summed E-state index contributed by atoms with van der Waals surface area (Å²) >= 11 is 0. The van der Waals surface area contributed by atoms with Gasteiger partial charge in [0.1, 0.15) is 5.75 Å². The average Bonchev–Trinajstić information content (AvgIpc) is 2.84. The zero-order valence-corrected chi connectivity index (χ0v) is 12.4. The summed E-state index contributed by atoms with van der Waals surface area (Å²) < 4.78 is 5.15. The van der Waals surface area contributed by atoms with E-state index < -0.39 is 0 Å². The van der Waals surface area contributed by atoms with Gasteiger partial charge in [-0.1, -0.05) is 0 Å². The van der Waals surface area contributed by atoms with Crippen LogP contribution in [0.1, 0.15) is 16.8 Å². The van der Waals surface area contributed by atoms with Gasteiger partial charge >= 0.3 is 0 Å². The summed E-state index contributed by atoms with van der Waals surface area (Å²) in [6.07, 6.45) is 1.14. The van der Waals surface area contributed by atoms with E-state index in [-0.39, 0.29) is 5.91 Å². The van der Waals surface area contributed by atoms with Crippen molar-refractivity contribution in [1.82, 2.24) is 9.80 Å². The van der Waals surface area contributed by atoms with Gasteiger partial charge in [0.2, 0.25) is 0 Å². The fraction of sp³-hybridized carbons (Fsp3) is 0.533. The minimum Gasteiger partial charge on any atom is -0.497 e. The van der Waals surface area contributed by atoms with Crippen molar-refractivity contribution in [2.75, 3.05) is 46.6 Å². The van der Waals surface area contributed by atoms with Crippen LogP contribution < -0.4 is 10.5 Å². The number of ether oxygens (including phenoxy) is 1. The highest BCUT2D eigenvalue weighted by atomic mass is 16.5. The van der Waals surface area contributed by atoms with Crippen molar-refractivity contribution in [3.05, 3.63) is 23.8 Å². The number of nitrogens with zero attached hydrogens (tertiary/aromatic N) is 2. The lowest BCUT2D eigenvalue weighted by Gasteiger charge is -2.22. The van der Waals surface area contributed by atoms with Crippen LogP contribution in [-0.2, 0) is 0 Å². The Kier molecular flexibility index (Phi) is 4.49. The highest BCUT2D eigenvalue weighted by Gasteiger charge is 2.24. The molecule has 0 spiro atoms. The van der Waals surface area contributed by atoms with Gasteiger partial charge in [0.05, 0.1) is 12.7 Å². The molecule has 0 aliphatic carbocycles. The first-order valence-corrected chi connectivity index (χ1v) is 6.88. The first-order chi connectivity index (χ1) is 9.51. The van der Waals surface area contributed by atoms with E-state index >= 15 is 0 Å². The molecule has 20 heavy (non-hydrogen) atoms. The maximum atomic E-state index is 12.5. The number of hydrogen-bond acceptors (Lipinski definition) is 4. The van der Waals surface area contributed by atoms with Gasteiger partial charge in [0.25, 0.3) is 5.91 Å². The lowest BCUT2D eigenvalue weighted by Crippen LogP contribution is -2.33. The average molecular weight is 277 g/mol. The van der Waals surface area contributed by atoms with Crippen molar-refractivity contribution in [3.63, 3.8) is 0 Å². The molecule has 1 aromatic carbocycles. The number of nitrogen functional groups attached to an aromatic ring is 1. The SMILES string of the molecule is COc1ccc(N)c(C(=O)N(C)CC2CCN(C)C2)c1. The maximum absolute atomic E-state index is 12.5. The lowest BCUT2D eigenvalue weighted by atomic mass is 10.1. The molecule has 2 N–H and O–H groups in total. The van der Waals surface area contributed by atoms with Gasteiger partial charge in [-0.25, -0.2) is 0 Å². The number of amides is 1. The second-order valence-electron chi connectivity index (χ2n) is 5.56. The molecule has 1 aliphatic rings. The Hall–Kier alpha value is -1.75. The number of nitrogens with two attached hydrogens (primary N) is 1. The van der Waals surface area contributed by atoms with Crippen molar-refractivity contribution < 1.29 is 9.53 Å². The van der Waals surface area contributed by atoms with Gasteiger partial charge in [0, 0.05) is 25.8 Å². The third-order valence-corrected chi connectivity index (χ3v) is 3.86. The highest BCUT2D eigenvalue weighted by Crippen LogP contribution is 2.22. The van der Waals surface area contributed by atoms with Gasteiger partial charge < -0.3 is 20.3 Å². The second-order valence-corrected chi connectivity index (χ2v) is 5.56. The summed E-state index contributed by atoms with van der Waals surface area (Å²) in [5, 5.41) is 0. The van der Waals surface area contributed by atoms with E-state index in [4.69, 9.17) is 10.5 Å². The molecule has 1 aliphatic heterocycles. The molecule has 0 bridgehead atoms. The van der Waals surface area contributed by atoms with Crippen LogP contribution in [0.4, 0.5) is 5.69 Å². The van der Waals surface area contributed by atoms with Crippen molar-refractivity contribution >= 4 is 11.6 Å². The summed E-state index contributed by atoms with van der Waals surface area (Å²) in [4.78, 5) is 16.5. The van der Waals surface area contributed by atoms with E-state index in [2.05, 4.69) is 11.9 Å². The monoisotopic (exact) mass is 277 g/mol. The quantitative estimate of drug-likeness (QED) is 0.843. The van der Waals surface area contributed by atoms with Gasteiger partial charge in [0.15, 0.2) is 0 Å². The highest BCUT2D eigenvalue weighted by molar-refractivity contribution is 5.99. The van der Waals surface area contributed by atoms with Crippen LogP contribution in [-0.4, -0.2) is 56.5 Å². The van der Waals surface area contributed by atoms with E-state index in [9.17, 15) is 4.79 Å². The van der Waals surface area contributed by atoms with Crippen LogP contribution in [0.2, 0.25) is 0 Å². The van der Waals surface area contributed by atoms with Crippen LogP contribution >= 0.6 is 0 Å². The molecular formula is C15H23N3O2. The molecule has 0 radical (unpaired) electrons. The minimum atomic E-state index is -0.0454. The molecule has 2 rings (SSSR count). The molecule has 1 atom stereocenters. The smallest absolute Gasteiger partial charge is 0.255 e. The van der Waals surface area contributed by atoms with Crippen LogP contribution in [0, 0.1) is 5.92 Å². The molecule has 1 saturated heterocycles. The number of carbonyl (C=O) groups excluding carboxylic acids is 1. The largest absolute Gasteiger partial charge is 0.497 e. The Balaban J connectivity index is 2.06. The molecule has 110 valence electrons. The number of carbonyl (C=O) groups is 1. The predicted octanol–water partition coefficient (Wildman–Crippen LogP) is 1.30. The summed E-state index contributed by atoms with van der Waals surface area (Å²) in [6.45, 7) is 2.92. The van der Waals surface area contributed by atoms with E-state index in [1.807, 2.05) is 7.05 Å². The summed E-state index contributed by atoms with van der Waals surface area (Å²) in [5.41, 5.74) is 6.91. The number of likely N-dealkylation sites (tertiary alicyclic amines) is 1. The van der Waals surface area contributed by atoms with Crippen molar-refractivity contribution in [3.8, 4) is 5.75 Å². The van der Waals surface area contributed by atoms with E-state index in [1.165, 1.54) is 0 Å². The molecule has 1 amide bonds. The molecule has 5 heteroatoms. The number of hydrogen-bond donors (Lipinski definition) is 1. The Bertz CT molecular complexity index is 490. The normalized spacial score (nSPS) is 19.1. The number of rotatable bonds is 4. The Labute approximate surface area is 120 Å². The number of anilines is 1. The van der Waals surface area contributed by atoms with E-state index in [1.54, 1.807) is 30.2 Å². The predicted molar refractivity (Wildman–Crippen MR) is 80.0 cm³/mol. The number of methoxy groups -OCH3 is 1. The zero-order valence-electron chi connectivity index (χ0n) is 12.4. The Morgan fingerprint density at radius 3 is 2.90 bits per heavy atom. The first kappa shape index (κ1) is 14.7. The molecular weight excluding hydrogens is 254 g/mol. The fourth-order valence-electron chi connectivity index (χ4n) is 2.70. The van der Waals surface area contributed by atoms with Crippen molar-refractivity contribution in [2.24, 2.45) is 5.92 Å². The molecule has 0 saturated carbocycles. The molecule has 0 aromatic heterocycles. The first-order valence-electron chi connectivity index (χ1n) is 6.88. The number of benzene rings is 1. The van der Waals surface area contributed by atoms with Crippen LogP contribution in [0.25, 0.3) is 0 Å². The van der Waals surface area contributed by atoms with E-state index in [0.717, 1.165) is 26.1 Å². The standard InChI is InChI=1S/C15H23N3O2/c1-17-7-6-11(9-17)10-18(2)15(19)13-8-12(20-3)4-5-14(13)16/h4-5,8,11H,6-7,9-10,16H2,1-3H3. The fourth-order valence-corrected chi connectivity index (χ4v) is 2.70. The zero-order chi connectivity index (χ0) is 14.7. The van der Waals surface area contributed by atoms with E-state index in [0.29, 0.717) is 22.9 Å². The molecule has 5 nitrogen and oxygen atoms in total. The molecule has 1 aromatic rings. The topological polar surface area (TPSA) is 58.8 Å². The summed E-state index contributed by atoms with van der Waals surface area (Å²) in [6, 6.07) is 5.18. The van der Waals surface area contributed by atoms with Crippen LogP contribution in [0.5, 0.6) is 5.75 Å². The van der Waals surface area contributed by atoms with Crippen molar-refractivity contribution in [2.45, 2.75) is 6.42 Å². The second kappa shape index (κ2) is 6.13. The third kappa shape index (κ3) is 3.22. The molecule has 1 fully saturated rings.